The number of nitrogens with one attached hydrogen (secondary N) is 2. The molecule has 106 valence electrons. The van der Waals surface area contributed by atoms with Crippen LogP contribution in [0.3, 0.4) is 0 Å². The lowest BCUT2D eigenvalue weighted by Crippen LogP contribution is -2.26. The van der Waals surface area contributed by atoms with Crippen LogP contribution in [0.2, 0.25) is 0 Å². The molecular weight excluding hydrogens is 247 g/mol. The molecule has 0 fully saturated rings. The molecule has 0 aliphatic carbocycles. The number of hydrogen-bond donors (Lipinski definition) is 2. The van der Waals surface area contributed by atoms with E-state index in [0.717, 1.165) is 13.0 Å². The second-order valence-corrected chi connectivity index (χ2v) is 4.21. The van der Waals surface area contributed by atoms with Crippen LogP contribution in [0.25, 0.3) is 0 Å². The van der Waals surface area contributed by atoms with Crippen LogP contribution in [0.1, 0.15) is 19.3 Å². The Labute approximate surface area is 113 Å². The molecular formula is C14H21FN2O2. The van der Waals surface area contributed by atoms with E-state index in [1.54, 1.807) is 12.1 Å². The monoisotopic (exact) mass is 268 g/mol. The maximum absolute atomic E-state index is 12.6. The summed E-state index contributed by atoms with van der Waals surface area (Å²) in [6, 6.07) is 5.86. The first kappa shape index (κ1) is 15.4. The minimum absolute atomic E-state index is 0.0406. The van der Waals surface area contributed by atoms with Gasteiger partial charge in [0.05, 0.1) is 6.61 Å². The van der Waals surface area contributed by atoms with Crippen molar-refractivity contribution in [2.45, 2.75) is 19.3 Å². The molecule has 0 radical (unpaired) electrons. The molecule has 0 spiro atoms. The molecule has 5 heteroatoms. The number of rotatable bonds is 9. The van der Waals surface area contributed by atoms with E-state index in [2.05, 4.69) is 10.6 Å². The van der Waals surface area contributed by atoms with Crippen molar-refractivity contribution >= 4 is 5.91 Å². The second kappa shape index (κ2) is 9.33. The van der Waals surface area contributed by atoms with Crippen LogP contribution in [0.4, 0.5) is 4.39 Å². The van der Waals surface area contributed by atoms with E-state index in [1.807, 2.05) is 7.05 Å². The Hall–Kier alpha value is -1.62. The van der Waals surface area contributed by atoms with E-state index in [9.17, 15) is 9.18 Å². The molecule has 0 bridgehead atoms. The van der Waals surface area contributed by atoms with Crippen LogP contribution in [-0.4, -0.2) is 32.7 Å². The third-order valence-corrected chi connectivity index (χ3v) is 2.56. The fourth-order valence-electron chi connectivity index (χ4n) is 1.53. The van der Waals surface area contributed by atoms with Crippen molar-refractivity contribution in [3.63, 3.8) is 0 Å². The van der Waals surface area contributed by atoms with Gasteiger partial charge in [0.25, 0.3) is 0 Å². The van der Waals surface area contributed by atoms with Crippen molar-refractivity contribution in [3.8, 4) is 5.75 Å². The lowest BCUT2D eigenvalue weighted by Gasteiger charge is -2.07. The standard InChI is InChI=1S/C14H21FN2O2/c1-16-9-3-10-17-14(18)4-2-11-19-13-7-5-12(15)6-8-13/h5-8,16H,2-4,9-11H2,1H3,(H,17,18). The van der Waals surface area contributed by atoms with E-state index >= 15 is 0 Å². The summed E-state index contributed by atoms with van der Waals surface area (Å²) in [5.74, 6) is 0.378. The third-order valence-electron chi connectivity index (χ3n) is 2.56. The summed E-state index contributed by atoms with van der Waals surface area (Å²) < 4.78 is 18.0. The van der Waals surface area contributed by atoms with Crippen molar-refractivity contribution in [2.75, 3.05) is 26.7 Å². The molecule has 0 saturated carbocycles. The van der Waals surface area contributed by atoms with E-state index in [4.69, 9.17) is 4.74 Å². The maximum atomic E-state index is 12.6. The normalized spacial score (nSPS) is 10.2. The molecule has 0 unspecified atom stereocenters. The third kappa shape index (κ3) is 7.41. The Morgan fingerprint density at radius 3 is 2.63 bits per heavy atom. The van der Waals surface area contributed by atoms with Gasteiger partial charge in [-0.25, -0.2) is 4.39 Å². The molecule has 0 aromatic heterocycles. The molecule has 2 N–H and O–H groups in total. The zero-order valence-corrected chi connectivity index (χ0v) is 11.2. The Bertz CT molecular complexity index is 368. The molecule has 1 amide bonds. The summed E-state index contributed by atoms with van der Waals surface area (Å²) >= 11 is 0. The Morgan fingerprint density at radius 1 is 1.21 bits per heavy atom. The SMILES string of the molecule is CNCCCNC(=O)CCCOc1ccc(F)cc1. The summed E-state index contributed by atoms with van der Waals surface area (Å²) in [6.45, 7) is 2.04. The molecule has 1 aromatic carbocycles. The molecule has 1 aromatic rings. The Kier molecular flexibility index (Phi) is 7.58. The predicted molar refractivity (Wildman–Crippen MR) is 72.7 cm³/mol. The van der Waals surface area contributed by atoms with Gasteiger partial charge in [-0.15, -0.1) is 0 Å². The highest BCUT2D eigenvalue weighted by Gasteiger charge is 2.01. The van der Waals surface area contributed by atoms with Crippen molar-refractivity contribution in [1.29, 1.82) is 0 Å². The van der Waals surface area contributed by atoms with Crippen LogP contribution in [0, 0.1) is 5.82 Å². The molecule has 0 aliphatic heterocycles. The fourth-order valence-corrected chi connectivity index (χ4v) is 1.53. The summed E-state index contributed by atoms with van der Waals surface area (Å²) in [5, 5.41) is 5.86. The number of carbonyl (C=O) groups is 1. The Balaban J connectivity index is 2.03. The van der Waals surface area contributed by atoms with Crippen molar-refractivity contribution in [1.82, 2.24) is 10.6 Å². The van der Waals surface area contributed by atoms with E-state index in [-0.39, 0.29) is 11.7 Å². The second-order valence-electron chi connectivity index (χ2n) is 4.21. The minimum Gasteiger partial charge on any atom is -0.494 e. The molecule has 4 nitrogen and oxygen atoms in total. The quantitative estimate of drug-likeness (QED) is 0.670. The van der Waals surface area contributed by atoms with Crippen molar-refractivity contribution < 1.29 is 13.9 Å². The highest BCUT2D eigenvalue weighted by Crippen LogP contribution is 2.11. The van der Waals surface area contributed by atoms with Crippen molar-refractivity contribution in [2.24, 2.45) is 0 Å². The first-order chi connectivity index (χ1) is 9.22. The van der Waals surface area contributed by atoms with Gasteiger partial charge in [0.15, 0.2) is 0 Å². The summed E-state index contributed by atoms with van der Waals surface area (Å²) in [4.78, 5) is 11.4. The number of carbonyl (C=O) groups excluding carboxylic acids is 1. The molecule has 0 aliphatic rings. The first-order valence-corrected chi connectivity index (χ1v) is 6.52. The zero-order valence-electron chi connectivity index (χ0n) is 11.2. The van der Waals surface area contributed by atoms with E-state index in [1.165, 1.54) is 12.1 Å². The lowest BCUT2D eigenvalue weighted by molar-refractivity contribution is -0.121. The average Bonchev–Trinajstić information content (AvgIpc) is 2.42. The molecule has 19 heavy (non-hydrogen) atoms. The van der Waals surface area contributed by atoms with Crippen LogP contribution < -0.4 is 15.4 Å². The van der Waals surface area contributed by atoms with Gasteiger partial charge in [-0.1, -0.05) is 0 Å². The average molecular weight is 268 g/mol. The lowest BCUT2D eigenvalue weighted by atomic mass is 10.3. The van der Waals surface area contributed by atoms with Crippen molar-refractivity contribution in [3.05, 3.63) is 30.1 Å². The van der Waals surface area contributed by atoms with Gasteiger partial charge in [-0.3, -0.25) is 4.79 Å². The zero-order chi connectivity index (χ0) is 13.9. The molecule has 0 saturated heterocycles. The van der Waals surface area contributed by atoms with Gasteiger partial charge in [0.1, 0.15) is 11.6 Å². The minimum atomic E-state index is -0.284. The van der Waals surface area contributed by atoms with Gasteiger partial charge >= 0.3 is 0 Å². The fraction of sp³-hybridized carbons (Fsp3) is 0.500. The largest absolute Gasteiger partial charge is 0.494 e. The van der Waals surface area contributed by atoms with Crippen LogP contribution in [0.15, 0.2) is 24.3 Å². The number of amides is 1. The maximum Gasteiger partial charge on any atom is 0.220 e. The molecule has 0 atom stereocenters. The van der Waals surface area contributed by atoms with Gasteiger partial charge < -0.3 is 15.4 Å². The van der Waals surface area contributed by atoms with Crippen LogP contribution in [0.5, 0.6) is 5.75 Å². The number of halogens is 1. The molecule has 0 heterocycles. The summed E-state index contributed by atoms with van der Waals surface area (Å²) in [6.07, 6.45) is 2.02. The number of hydrogen-bond acceptors (Lipinski definition) is 3. The predicted octanol–water partition coefficient (Wildman–Crippen LogP) is 1.71. The van der Waals surface area contributed by atoms with Gasteiger partial charge in [-0.05, 0) is 50.7 Å². The first-order valence-electron chi connectivity index (χ1n) is 6.52. The van der Waals surface area contributed by atoms with Crippen LogP contribution >= 0.6 is 0 Å². The summed E-state index contributed by atoms with van der Waals surface area (Å²) in [5.41, 5.74) is 0. The van der Waals surface area contributed by atoms with Gasteiger partial charge in [0.2, 0.25) is 5.91 Å². The Morgan fingerprint density at radius 2 is 1.95 bits per heavy atom. The van der Waals surface area contributed by atoms with Crippen LogP contribution in [-0.2, 0) is 4.79 Å². The topological polar surface area (TPSA) is 50.4 Å². The summed E-state index contributed by atoms with van der Waals surface area (Å²) in [7, 11) is 1.88. The number of benzene rings is 1. The van der Waals surface area contributed by atoms with Gasteiger partial charge in [0, 0.05) is 13.0 Å². The molecule has 1 rings (SSSR count). The number of ether oxygens (including phenoxy) is 1. The van der Waals surface area contributed by atoms with E-state index < -0.39 is 0 Å². The smallest absolute Gasteiger partial charge is 0.220 e. The highest BCUT2D eigenvalue weighted by atomic mass is 19.1. The van der Waals surface area contributed by atoms with Gasteiger partial charge in [-0.2, -0.15) is 0 Å². The van der Waals surface area contributed by atoms with E-state index in [0.29, 0.717) is 31.7 Å². The highest BCUT2D eigenvalue weighted by molar-refractivity contribution is 5.75.